The lowest BCUT2D eigenvalue weighted by atomic mass is 10.1. The summed E-state index contributed by atoms with van der Waals surface area (Å²) in [5, 5.41) is 0. The van der Waals surface area contributed by atoms with E-state index < -0.39 is 40.9 Å². The predicted octanol–water partition coefficient (Wildman–Crippen LogP) is 6.50. The van der Waals surface area contributed by atoms with E-state index in [-0.39, 0.29) is 18.0 Å². The van der Waals surface area contributed by atoms with Gasteiger partial charge in [-0.1, -0.05) is 0 Å². The molecular formula is C19H18F6N2O2. The number of carbonyl (C=O) groups excluding carboxylic acids is 1. The second-order valence-corrected chi connectivity index (χ2v) is 7.23. The highest BCUT2D eigenvalue weighted by Gasteiger charge is 2.40. The lowest BCUT2D eigenvalue weighted by Crippen LogP contribution is -2.35. The quantitative estimate of drug-likeness (QED) is 0.521. The van der Waals surface area contributed by atoms with Gasteiger partial charge in [-0.3, -0.25) is 0 Å². The number of ether oxygens (including phenoxy) is 1. The minimum absolute atomic E-state index is 0.261. The summed E-state index contributed by atoms with van der Waals surface area (Å²) in [6.07, 6.45) is -10.0. The van der Waals surface area contributed by atoms with Gasteiger partial charge >= 0.3 is 18.4 Å². The van der Waals surface area contributed by atoms with Crippen molar-refractivity contribution < 1.29 is 35.9 Å². The van der Waals surface area contributed by atoms with Gasteiger partial charge in [0.2, 0.25) is 0 Å². The third-order valence-electron chi connectivity index (χ3n) is 3.58. The first-order valence-corrected chi connectivity index (χ1v) is 8.34. The van der Waals surface area contributed by atoms with Crippen LogP contribution in [0.25, 0.3) is 0 Å². The van der Waals surface area contributed by atoms with Crippen LogP contribution in [0.4, 0.5) is 42.6 Å². The van der Waals surface area contributed by atoms with Crippen LogP contribution < -0.4 is 4.90 Å². The summed E-state index contributed by atoms with van der Waals surface area (Å²) in [6, 6.07) is 3.64. The third-order valence-corrected chi connectivity index (χ3v) is 3.58. The molecular weight excluding hydrogens is 402 g/mol. The minimum atomic E-state index is -5.02. The molecule has 2 aromatic rings. The van der Waals surface area contributed by atoms with E-state index in [0.29, 0.717) is 16.5 Å². The number of nitrogens with zero attached hydrogens (tertiary/aromatic N) is 2. The average molecular weight is 420 g/mol. The predicted molar refractivity (Wildman–Crippen MR) is 93.8 cm³/mol. The largest absolute Gasteiger partial charge is 0.443 e. The second kappa shape index (κ2) is 7.57. The van der Waals surface area contributed by atoms with Crippen LogP contribution in [-0.2, 0) is 17.1 Å². The van der Waals surface area contributed by atoms with Crippen molar-refractivity contribution in [2.24, 2.45) is 0 Å². The molecule has 0 aliphatic rings. The van der Waals surface area contributed by atoms with Gasteiger partial charge in [-0.05, 0) is 63.6 Å². The first kappa shape index (κ1) is 22.5. The fourth-order valence-corrected chi connectivity index (χ4v) is 2.40. The zero-order valence-electron chi connectivity index (χ0n) is 15.9. The number of aryl methyl sites for hydroxylation is 1. The van der Waals surface area contributed by atoms with E-state index in [0.717, 1.165) is 0 Å². The van der Waals surface area contributed by atoms with Crippen molar-refractivity contribution in [3.05, 3.63) is 53.2 Å². The summed E-state index contributed by atoms with van der Waals surface area (Å²) in [6.45, 7) is 6.02. The van der Waals surface area contributed by atoms with Gasteiger partial charge in [-0.15, -0.1) is 0 Å². The molecule has 0 radical (unpaired) electrons. The van der Waals surface area contributed by atoms with Crippen LogP contribution in [0.1, 0.15) is 37.5 Å². The van der Waals surface area contributed by atoms with Gasteiger partial charge in [-0.25, -0.2) is 14.7 Å². The molecule has 0 fully saturated rings. The van der Waals surface area contributed by atoms with Gasteiger partial charge in [0.25, 0.3) is 0 Å². The van der Waals surface area contributed by atoms with Gasteiger partial charge in [-0.2, -0.15) is 26.3 Å². The standard InChI is InChI=1S/C19H18F6N2O2/c1-11-7-8-26-15(9-11)27(16(28)29-17(2,3)4)14-10-12(18(20,21)22)5-6-13(14)19(23,24)25/h5-10H,1-4H3. The maximum absolute atomic E-state index is 13.6. The van der Waals surface area contributed by atoms with Crippen molar-refractivity contribution in [2.45, 2.75) is 45.6 Å². The number of benzene rings is 1. The first-order valence-electron chi connectivity index (χ1n) is 8.34. The Morgan fingerprint density at radius 2 is 1.59 bits per heavy atom. The zero-order chi connectivity index (χ0) is 22.2. The van der Waals surface area contributed by atoms with E-state index >= 15 is 0 Å². The molecule has 1 aromatic carbocycles. The van der Waals surface area contributed by atoms with Gasteiger partial charge in [0, 0.05) is 6.20 Å². The number of pyridine rings is 1. The Labute approximate surface area is 163 Å². The van der Waals surface area contributed by atoms with Crippen LogP contribution in [-0.4, -0.2) is 16.7 Å². The van der Waals surface area contributed by atoms with Gasteiger partial charge in [0.15, 0.2) is 0 Å². The SMILES string of the molecule is Cc1ccnc(N(C(=O)OC(C)(C)C)c2cc(C(F)(F)F)ccc2C(F)(F)F)c1. The molecule has 29 heavy (non-hydrogen) atoms. The Balaban J connectivity index is 2.79. The molecule has 0 atom stereocenters. The molecule has 0 aliphatic carbocycles. The number of halogens is 6. The lowest BCUT2D eigenvalue weighted by Gasteiger charge is -2.29. The molecule has 0 unspecified atom stereocenters. The molecule has 0 spiro atoms. The summed E-state index contributed by atoms with van der Waals surface area (Å²) < 4.78 is 85.3. The van der Waals surface area contributed by atoms with Crippen molar-refractivity contribution in [3.63, 3.8) is 0 Å². The summed E-state index contributed by atoms with van der Waals surface area (Å²) in [7, 11) is 0. The van der Waals surface area contributed by atoms with Crippen molar-refractivity contribution in [1.29, 1.82) is 0 Å². The second-order valence-electron chi connectivity index (χ2n) is 7.23. The molecule has 0 saturated heterocycles. The molecule has 2 rings (SSSR count). The average Bonchev–Trinajstić information content (AvgIpc) is 2.51. The molecule has 4 nitrogen and oxygen atoms in total. The van der Waals surface area contributed by atoms with Gasteiger partial charge < -0.3 is 4.74 Å². The Bertz CT molecular complexity index is 901. The number of hydrogen-bond donors (Lipinski definition) is 0. The molecule has 0 N–H and O–H groups in total. The number of carbonyl (C=O) groups is 1. The number of hydrogen-bond acceptors (Lipinski definition) is 3. The molecule has 1 heterocycles. The molecule has 0 bridgehead atoms. The summed E-state index contributed by atoms with van der Waals surface area (Å²) >= 11 is 0. The van der Waals surface area contributed by atoms with Crippen LogP contribution in [0.3, 0.4) is 0 Å². The molecule has 0 saturated carbocycles. The van der Waals surface area contributed by atoms with E-state index in [4.69, 9.17) is 4.74 Å². The zero-order valence-corrected chi connectivity index (χ0v) is 15.9. The van der Waals surface area contributed by atoms with Crippen LogP contribution in [0.5, 0.6) is 0 Å². The van der Waals surface area contributed by atoms with Crippen LogP contribution >= 0.6 is 0 Å². The van der Waals surface area contributed by atoms with E-state index in [1.165, 1.54) is 39.1 Å². The molecule has 10 heteroatoms. The molecule has 1 aromatic heterocycles. The van der Waals surface area contributed by atoms with Crippen molar-refractivity contribution in [2.75, 3.05) is 4.90 Å². The number of amides is 1. The van der Waals surface area contributed by atoms with Crippen LogP contribution in [0, 0.1) is 6.92 Å². The lowest BCUT2D eigenvalue weighted by molar-refractivity contribution is -0.141. The highest BCUT2D eigenvalue weighted by atomic mass is 19.4. The number of aromatic nitrogens is 1. The van der Waals surface area contributed by atoms with Crippen LogP contribution in [0.15, 0.2) is 36.5 Å². The fourth-order valence-electron chi connectivity index (χ4n) is 2.40. The van der Waals surface area contributed by atoms with E-state index in [9.17, 15) is 31.1 Å². The normalized spacial score (nSPS) is 12.6. The van der Waals surface area contributed by atoms with E-state index in [1.807, 2.05) is 0 Å². The number of anilines is 2. The Morgan fingerprint density at radius 1 is 0.966 bits per heavy atom. The number of alkyl halides is 6. The Hall–Kier alpha value is -2.78. The van der Waals surface area contributed by atoms with Crippen molar-refractivity contribution >= 4 is 17.6 Å². The monoisotopic (exact) mass is 420 g/mol. The molecule has 158 valence electrons. The fraction of sp³-hybridized carbons (Fsp3) is 0.368. The molecule has 0 aliphatic heterocycles. The smallest absolute Gasteiger partial charge is 0.420 e. The molecule has 1 amide bonds. The highest BCUT2D eigenvalue weighted by molar-refractivity contribution is 5.96. The van der Waals surface area contributed by atoms with Crippen LogP contribution in [0.2, 0.25) is 0 Å². The summed E-state index contributed by atoms with van der Waals surface area (Å²) in [5.41, 5.74) is -4.38. The minimum Gasteiger partial charge on any atom is -0.443 e. The maximum atomic E-state index is 13.6. The summed E-state index contributed by atoms with van der Waals surface area (Å²) in [5.74, 6) is -0.302. The maximum Gasteiger partial charge on any atom is 0.420 e. The van der Waals surface area contributed by atoms with Gasteiger partial charge in [0.05, 0.1) is 16.8 Å². The highest BCUT2D eigenvalue weighted by Crippen LogP contribution is 2.42. The number of rotatable bonds is 2. The van der Waals surface area contributed by atoms with Crippen molar-refractivity contribution in [1.82, 2.24) is 4.98 Å². The Morgan fingerprint density at radius 3 is 2.07 bits per heavy atom. The van der Waals surface area contributed by atoms with Gasteiger partial charge in [0.1, 0.15) is 11.4 Å². The summed E-state index contributed by atoms with van der Waals surface area (Å²) in [4.78, 5) is 17.0. The Kier molecular flexibility index (Phi) is 5.87. The third kappa shape index (κ3) is 5.61. The van der Waals surface area contributed by atoms with Crippen molar-refractivity contribution in [3.8, 4) is 0 Å². The first-order chi connectivity index (χ1) is 13.1. The topological polar surface area (TPSA) is 42.4 Å². The van der Waals surface area contributed by atoms with E-state index in [1.54, 1.807) is 6.92 Å². The van der Waals surface area contributed by atoms with E-state index in [2.05, 4.69) is 4.98 Å².